The molecule has 3 nitrogen and oxygen atoms in total. The molecule has 0 bridgehead atoms. The number of nitrogens with zero attached hydrogens (tertiary/aromatic N) is 1. The van der Waals surface area contributed by atoms with Crippen molar-refractivity contribution in [3.05, 3.63) is 35.4 Å². The summed E-state index contributed by atoms with van der Waals surface area (Å²) in [7, 11) is 1.73. The molecular formula is C15H23NO2. The summed E-state index contributed by atoms with van der Waals surface area (Å²) in [5.74, 6) is 0. The van der Waals surface area contributed by atoms with Crippen molar-refractivity contribution in [1.29, 1.82) is 0 Å². The molecule has 0 saturated carbocycles. The Morgan fingerprint density at radius 2 is 2.06 bits per heavy atom. The van der Waals surface area contributed by atoms with Crippen LogP contribution in [0.4, 0.5) is 0 Å². The fourth-order valence-corrected chi connectivity index (χ4v) is 2.62. The number of aliphatic hydroxyl groups excluding tert-OH is 1. The Bertz CT molecular complexity index is 363. The van der Waals surface area contributed by atoms with Crippen LogP contribution in [0.1, 0.15) is 17.5 Å². The Hall–Kier alpha value is -0.900. The molecule has 1 aromatic rings. The molecule has 3 heteroatoms. The first-order valence-electron chi connectivity index (χ1n) is 6.65. The number of methoxy groups -OCH3 is 1. The number of ether oxygens (including phenoxy) is 1. The molecule has 1 N–H and O–H groups in total. The highest BCUT2D eigenvalue weighted by Crippen LogP contribution is 2.18. The molecule has 1 aliphatic heterocycles. The molecule has 0 unspecified atom stereocenters. The number of hydrogen-bond donors (Lipinski definition) is 1. The van der Waals surface area contributed by atoms with Crippen LogP contribution in [0.25, 0.3) is 0 Å². The standard InChI is InChI=1S/C15H23NO2/c1-12-3-5-13(6-4-12)7-8-16-10-15(17)9-14(16)11-18-2/h3-6,14-15,17H,7-11H2,1-2H3/t14-,15+/m0/s1. The van der Waals surface area contributed by atoms with E-state index in [0.717, 1.165) is 25.9 Å². The number of likely N-dealkylation sites (tertiary alicyclic amines) is 1. The van der Waals surface area contributed by atoms with Crippen LogP contribution in [-0.4, -0.2) is 49.0 Å². The van der Waals surface area contributed by atoms with Crippen LogP contribution in [0.3, 0.4) is 0 Å². The van der Waals surface area contributed by atoms with Gasteiger partial charge in [0, 0.05) is 26.2 Å². The zero-order valence-corrected chi connectivity index (χ0v) is 11.3. The van der Waals surface area contributed by atoms with Crippen LogP contribution in [-0.2, 0) is 11.2 Å². The topological polar surface area (TPSA) is 32.7 Å². The van der Waals surface area contributed by atoms with E-state index in [0.29, 0.717) is 12.6 Å². The molecule has 18 heavy (non-hydrogen) atoms. The second kappa shape index (κ2) is 6.32. The maximum atomic E-state index is 9.73. The molecule has 0 spiro atoms. The van der Waals surface area contributed by atoms with E-state index in [1.807, 2.05) is 0 Å². The van der Waals surface area contributed by atoms with Gasteiger partial charge in [0.2, 0.25) is 0 Å². The highest BCUT2D eigenvalue weighted by atomic mass is 16.5. The van der Waals surface area contributed by atoms with Crippen LogP contribution in [0.15, 0.2) is 24.3 Å². The van der Waals surface area contributed by atoms with Crippen molar-refractivity contribution in [2.75, 3.05) is 26.8 Å². The minimum Gasteiger partial charge on any atom is -0.392 e. The maximum absolute atomic E-state index is 9.73. The Morgan fingerprint density at radius 3 is 2.72 bits per heavy atom. The number of aliphatic hydroxyl groups is 1. The number of aryl methyl sites for hydroxylation is 1. The number of rotatable bonds is 5. The van der Waals surface area contributed by atoms with E-state index in [9.17, 15) is 5.11 Å². The van der Waals surface area contributed by atoms with E-state index >= 15 is 0 Å². The van der Waals surface area contributed by atoms with Gasteiger partial charge in [-0.05, 0) is 25.3 Å². The molecule has 0 amide bonds. The van der Waals surface area contributed by atoms with Crippen molar-refractivity contribution in [1.82, 2.24) is 4.90 Å². The second-order valence-electron chi connectivity index (χ2n) is 5.23. The van der Waals surface area contributed by atoms with Gasteiger partial charge in [0.05, 0.1) is 12.7 Å². The summed E-state index contributed by atoms with van der Waals surface area (Å²) in [4.78, 5) is 2.34. The first-order chi connectivity index (χ1) is 8.69. The van der Waals surface area contributed by atoms with E-state index in [4.69, 9.17) is 4.74 Å². The van der Waals surface area contributed by atoms with Crippen molar-refractivity contribution >= 4 is 0 Å². The van der Waals surface area contributed by atoms with E-state index in [2.05, 4.69) is 36.1 Å². The van der Waals surface area contributed by atoms with E-state index in [1.165, 1.54) is 11.1 Å². The number of β-amino-alcohol motifs (C(OH)–C–C–N with tert-alkyl or cyclic N) is 1. The fraction of sp³-hybridized carbons (Fsp3) is 0.600. The predicted octanol–water partition coefficient (Wildman–Crippen LogP) is 1.62. The monoisotopic (exact) mass is 249 g/mol. The Balaban J connectivity index is 1.86. The van der Waals surface area contributed by atoms with Crippen molar-refractivity contribution in [3.8, 4) is 0 Å². The van der Waals surface area contributed by atoms with E-state index < -0.39 is 0 Å². The first-order valence-corrected chi connectivity index (χ1v) is 6.65. The summed E-state index contributed by atoms with van der Waals surface area (Å²) >= 11 is 0. The SMILES string of the molecule is COC[C@@H]1C[C@@H](O)CN1CCc1ccc(C)cc1. The predicted molar refractivity (Wildman–Crippen MR) is 72.7 cm³/mol. The fourth-order valence-electron chi connectivity index (χ4n) is 2.62. The number of benzene rings is 1. The van der Waals surface area contributed by atoms with Gasteiger partial charge in [-0.1, -0.05) is 29.8 Å². The van der Waals surface area contributed by atoms with Gasteiger partial charge in [0.15, 0.2) is 0 Å². The van der Waals surface area contributed by atoms with Crippen molar-refractivity contribution in [3.63, 3.8) is 0 Å². The Labute approximate surface area is 109 Å². The maximum Gasteiger partial charge on any atom is 0.0683 e. The zero-order valence-electron chi connectivity index (χ0n) is 11.3. The Morgan fingerprint density at radius 1 is 1.33 bits per heavy atom. The van der Waals surface area contributed by atoms with Crippen LogP contribution in [0, 0.1) is 6.92 Å². The molecule has 1 heterocycles. The van der Waals surface area contributed by atoms with E-state index in [1.54, 1.807) is 7.11 Å². The average molecular weight is 249 g/mol. The van der Waals surface area contributed by atoms with Gasteiger partial charge < -0.3 is 9.84 Å². The third kappa shape index (κ3) is 3.55. The second-order valence-corrected chi connectivity index (χ2v) is 5.23. The molecule has 0 aromatic heterocycles. The van der Waals surface area contributed by atoms with Gasteiger partial charge >= 0.3 is 0 Å². The highest BCUT2D eigenvalue weighted by Gasteiger charge is 2.30. The summed E-state index contributed by atoms with van der Waals surface area (Å²) < 4.78 is 5.22. The summed E-state index contributed by atoms with van der Waals surface area (Å²) in [6.45, 7) is 4.59. The lowest BCUT2D eigenvalue weighted by atomic mass is 10.1. The molecule has 2 atom stereocenters. The third-order valence-electron chi connectivity index (χ3n) is 3.67. The summed E-state index contributed by atoms with van der Waals surface area (Å²) in [6, 6.07) is 9.05. The smallest absolute Gasteiger partial charge is 0.0683 e. The Kier molecular flexibility index (Phi) is 4.75. The van der Waals surface area contributed by atoms with Crippen LogP contribution >= 0.6 is 0 Å². The summed E-state index contributed by atoms with van der Waals surface area (Å²) in [5, 5.41) is 9.73. The quantitative estimate of drug-likeness (QED) is 0.860. The minimum atomic E-state index is -0.192. The molecule has 1 aliphatic rings. The van der Waals surface area contributed by atoms with Crippen molar-refractivity contribution in [2.45, 2.75) is 31.9 Å². The van der Waals surface area contributed by atoms with Gasteiger partial charge in [-0.15, -0.1) is 0 Å². The summed E-state index contributed by atoms with van der Waals surface area (Å²) in [5.41, 5.74) is 2.66. The van der Waals surface area contributed by atoms with Crippen LogP contribution in [0.2, 0.25) is 0 Å². The molecule has 100 valence electrons. The van der Waals surface area contributed by atoms with Gasteiger partial charge in [-0.3, -0.25) is 4.90 Å². The average Bonchev–Trinajstić information content (AvgIpc) is 2.70. The normalized spacial score (nSPS) is 24.6. The number of hydrogen-bond acceptors (Lipinski definition) is 3. The molecule has 2 rings (SSSR count). The highest BCUT2D eigenvalue weighted by molar-refractivity contribution is 5.21. The lowest BCUT2D eigenvalue weighted by Crippen LogP contribution is -2.34. The molecular weight excluding hydrogens is 226 g/mol. The molecule has 0 radical (unpaired) electrons. The van der Waals surface area contributed by atoms with Crippen LogP contribution in [0.5, 0.6) is 0 Å². The van der Waals surface area contributed by atoms with Crippen molar-refractivity contribution in [2.24, 2.45) is 0 Å². The minimum absolute atomic E-state index is 0.192. The molecule has 1 saturated heterocycles. The molecule has 1 aromatic carbocycles. The molecule has 1 fully saturated rings. The first kappa shape index (κ1) is 13.5. The summed E-state index contributed by atoms with van der Waals surface area (Å²) in [6.07, 6.45) is 1.68. The van der Waals surface area contributed by atoms with Gasteiger partial charge in [0.1, 0.15) is 0 Å². The van der Waals surface area contributed by atoms with Gasteiger partial charge in [-0.25, -0.2) is 0 Å². The van der Waals surface area contributed by atoms with Crippen molar-refractivity contribution < 1.29 is 9.84 Å². The largest absolute Gasteiger partial charge is 0.392 e. The molecule has 0 aliphatic carbocycles. The van der Waals surface area contributed by atoms with Gasteiger partial charge in [-0.2, -0.15) is 0 Å². The zero-order chi connectivity index (χ0) is 13.0. The van der Waals surface area contributed by atoms with E-state index in [-0.39, 0.29) is 6.10 Å². The van der Waals surface area contributed by atoms with Gasteiger partial charge in [0.25, 0.3) is 0 Å². The lowest BCUT2D eigenvalue weighted by Gasteiger charge is -2.23. The third-order valence-corrected chi connectivity index (χ3v) is 3.67. The lowest BCUT2D eigenvalue weighted by molar-refractivity contribution is 0.116. The van der Waals surface area contributed by atoms with Crippen LogP contribution < -0.4 is 0 Å².